The van der Waals surface area contributed by atoms with Crippen molar-refractivity contribution in [3.8, 4) is 0 Å². The maximum atomic E-state index is 12.9. The number of allylic oxidation sites excluding steroid dienone is 4. The summed E-state index contributed by atoms with van der Waals surface area (Å²) in [4.78, 5) is 24.0. The van der Waals surface area contributed by atoms with E-state index < -0.39 is 17.9 Å². The molecule has 0 aromatic rings. The van der Waals surface area contributed by atoms with Crippen LogP contribution in [0.25, 0.3) is 0 Å². The summed E-state index contributed by atoms with van der Waals surface area (Å²) in [7, 11) is 0. The number of carbonyl (C=O) groups is 2. The van der Waals surface area contributed by atoms with Crippen LogP contribution in [0.3, 0.4) is 0 Å². The number of amides is 1. The fourth-order valence-corrected chi connectivity index (χ4v) is 10.3. The SMILES string of the molecule is CC(C)=CCC[C@@H](C)[C@H]1CC[C@@]2(C)C3=C(CC[C@]12C)[C@@]1(C)CC[C@H](OC(=O)[C@@H](N)CCC(N)=O)C(C)(C)C1CC3. The number of nitrogens with two attached hydrogens (primary N) is 2. The third-order valence-corrected chi connectivity index (χ3v) is 12.9. The zero-order valence-electron chi connectivity index (χ0n) is 26.8. The van der Waals surface area contributed by atoms with Crippen LogP contribution in [0.2, 0.25) is 0 Å². The quantitative estimate of drug-likeness (QED) is 0.226. The molecule has 2 fully saturated rings. The molecule has 0 aliphatic heterocycles. The van der Waals surface area contributed by atoms with E-state index in [0.29, 0.717) is 16.7 Å². The van der Waals surface area contributed by atoms with Gasteiger partial charge in [0, 0.05) is 11.8 Å². The molecule has 1 unspecified atom stereocenters. The van der Waals surface area contributed by atoms with Gasteiger partial charge in [-0.1, -0.05) is 64.3 Å². The maximum Gasteiger partial charge on any atom is 0.323 e. The van der Waals surface area contributed by atoms with E-state index in [-0.39, 0.29) is 29.8 Å². The minimum atomic E-state index is -0.798. The van der Waals surface area contributed by atoms with Gasteiger partial charge in [-0.3, -0.25) is 9.59 Å². The van der Waals surface area contributed by atoms with E-state index in [0.717, 1.165) is 31.1 Å². The lowest BCUT2D eigenvalue weighted by atomic mass is 9.43. The van der Waals surface area contributed by atoms with Gasteiger partial charge >= 0.3 is 5.97 Å². The van der Waals surface area contributed by atoms with Gasteiger partial charge in [-0.05, 0) is 118 Å². The van der Waals surface area contributed by atoms with Crippen LogP contribution in [0.5, 0.6) is 0 Å². The molecular formula is C35H58N2O3. The van der Waals surface area contributed by atoms with Crippen molar-refractivity contribution >= 4 is 11.9 Å². The van der Waals surface area contributed by atoms with Crippen molar-refractivity contribution in [1.29, 1.82) is 0 Å². The van der Waals surface area contributed by atoms with E-state index in [4.69, 9.17) is 16.2 Å². The first kappa shape index (κ1) is 31.3. The topological polar surface area (TPSA) is 95.4 Å². The van der Waals surface area contributed by atoms with Gasteiger partial charge in [-0.25, -0.2) is 0 Å². The second-order valence-electron chi connectivity index (χ2n) is 15.6. The molecule has 0 saturated heterocycles. The third kappa shape index (κ3) is 5.22. The Bertz CT molecular complexity index is 1050. The fraction of sp³-hybridized carbons (Fsp3) is 0.829. The van der Waals surface area contributed by atoms with E-state index in [9.17, 15) is 9.59 Å². The second-order valence-corrected chi connectivity index (χ2v) is 15.6. The summed E-state index contributed by atoms with van der Waals surface area (Å²) in [6.45, 7) is 19.4. The van der Waals surface area contributed by atoms with Crippen molar-refractivity contribution < 1.29 is 14.3 Å². The van der Waals surface area contributed by atoms with Crippen LogP contribution in [-0.2, 0) is 14.3 Å². The molecule has 226 valence electrons. The summed E-state index contributed by atoms with van der Waals surface area (Å²) < 4.78 is 6.09. The zero-order valence-corrected chi connectivity index (χ0v) is 26.8. The number of hydrogen-bond donors (Lipinski definition) is 2. The van der Waals surface area contributed by atoms with Crippen molar-refractivity contribution in [2.24, 2.45) is 50.9 Å². The zero-order chi connectivity index (χ0) is 29.7. The number of ether oxygens (including phenoxy) is 1. The summed E-state index contributed by atoms with van der Waals surface area (Å²) in [5.74, 6) is 1.20. The van der Waals surface area contributed by atoms with Gasteiger partial charge in [0.2, 0.25) is 5.91 Å². The van der Waals surface area contributed by atoms with E-state index in [1.807, 2.05) is 0 Å². The molecule has 4 rings (SSSR count). The number of hydrogen-bond acceptors (Lipinski definition) is 4. The lowest BCUT2D eigenvalue weighted by Gasteiger charge is -2.62. The van der Waals surface area contributed by atoms with Gasteiger partial charge in [-0.15, -0.1) is 0 Å². The Balaban J connectivity index is 1.54. The van der Waals surface area contributed by atoms with Gasteiger partial charge in [0.1, 0.15) is 12.1 Å². The summed E-state index contributed by atoms with van der Waals surface area (Å²) >= 11 is 0. The highest BCUT2D eigenvalue weighted by molar-refractivity contribution is 5.78. The van der Waals surface area contributed by atoms with Crippen molar-refractivity contribution in [2.75, 3.05) is 0 Å². The van der Waals surface area contributed by atoms with Crippen LogP contribution < -0.4 is 11.5 Å². The predicted molar refractivity (Wildman–Crippen MR) is 163 cm³/mol. The molecule has 4 aliphatic carbocycles. The van der Waals surface area contributed by atoms with Crippen molar-refractivity contribution in [3.05, 3.63) is 22.8 Å². The number of esters is 1. The molecule has 8 atom stereocenters. The lowest BCUT2D eigenvalue weighted by molar-refractivity contribution is -0.171. The average molecular weight is 555 g/mol. The highest BCUT2D eigenvalue weighted by atomic mass is 16.5. The Morgan fingerprint density at radius 2 is 1.68 bits per heavy atom. The Morgan fingerprint density at radius 3 is 2.33 bits per heavy atom. The molecule has 0 spiro atoms. The normalized spacial score (nSPS) is 38.0. The molecule has 5 heteroatoms. The van der Waals surface area contributed by atoms with Crippen LogP contribution in [0, 0.1) is 39.4 Å². The Hall–Kier alpha value is -1.62. The maximum absolute atomic E-state index is 12.9. The molecule has 0 radical (unpaired) electrons. The van der Waals surface area contributed by atoms with Gasteiger partial charge in [0.15, 0.2) is 0 Å². The van der Waals surface area contributed by atoms with Crippen LogP contribution >= 0.6 is 0 Å². The molecule has 0 aromatic heterocycles. The Labute approximate surface area is 244 Å². The first-order valence-electron chi connectivity index (χ1n) is 16.2. The summed E-state index contributed by atoms with van der Waals surface area (Å²) in [5.41, 5.74) is 17.0. The predicted octanol–water partition coefficient (Wildman–Crippen LogP) is 7.62. The van der Waals surface area contributed by atoms with Gasteiger partial charge < -0.3 is 16.2 Å². The van der Waals surface area contributed by atoms with Crippen LogP contribution in [0.4, 0.5) is 0 Å². The highest BCUT2D eigenvalue weighted by Gasteiger charge is 2.63. The van der Waals surface area contributed by atoms with E-state index in [1.165, 1.54) is 50.5 Å². The smallest absolute Gasteiger partial charge is 0.323 e. The van der Waals surface area contributed by atoms with Crippen LogP contribution in [-0.4, -0.2) is 24.0 Å². The van der Waals surface area contributed by atoms with Gasteiger partial charge in [0.25, 0.3) is 0 Å². The second kappa shape index (κ2) is 11.2. The molecule has 2 saturated carbocycles. The number of primary amides is 1. The monoisotopic (exact) mass is 554 g/mol. The Kier molecular flexibility index (Phi) is 8.79. The average Bonchev–Trinajstić information content (AvgIpc) is 3.15. The highest BCUT2D eigenvalue weighted by Crippen LogP contribution is 2.72. The molecule has 4 N–H and O–H groups in total. The van der Waals surface area contributed by atoms with Gasteiger partial charge in [0.05, 0.1) is 0 Å². The minimum Gasteiger partial charge on any atom is -0.461 e. The summed E-state index contributed by atoms with van der Waals surface area (Å²) in [6.07, 6.45) is 14.6. The molecule has 0 bridgehead atoms. The van der Waals surface area contributed by atoms with Crippen LogP contribution in [0.1, 0.15) is 132 Å². The number of rotatable bonds is 9. The molecule has 4 aliphatic rings. The molecule has 0 heterocycles. The number of carbonyl (C=O) groups excluding carboxylic acids is 2. The Morgan fingerprint density at radius 1 is 0.975 bits per heavy atom. The van der Waals surface area contributed by atoms with Crippen molar-refractivity contribution in [2.45, 2.75) is 145 Å². The first-order chi connectivity index (χ1) is 18.6. The summed E-state index contributed by atoms with van der Waals surface area (Å²) in [5, 5.41) is 0. The summed E-state index contributed by atoms with van der Waals surface area (Å²) in [6, 6.07) is -0.798. The van der Waals surface area contributed by atoms with E-state index >= 15 is 0 Å². The molecule has 5 nitrogen and oxygen atoms in total. The standard InChI is InChI=1S/C35H58N2O3/c1-22(2)10-9-11-23(3)24-16-20-35(8)26-12-14-28-32(4,5)29(40-31(39)27(36)13-15-30(37)38)18-19-33(28,6)25(26)17-21-34(24,35)7/h10,23-24,27-29H,9,11-21,36H2,1-8H3,(H2,37,38)/t23-,24-,27+,28?,29+,33-,34-,35+/m1/s1. The molecular weight excluding hydrogens is 496 g/mol. The van der Waals surface area contributed by atoms with Crippen molar-refractivity contribution in [3.63, 3.8) is 0 Å². The lowest BCUT2D eigenvalue weighted by Crippen LogP contribution is -2.56. The fourth-order valence-electron chi connectivity index (χ4n) is 10.3. The van der Waals surface area contributed by atoms with Crippen LogP contribution in [0.15, 0.2) is 22.8 Å². The van der Waals surface area contributed by atoms with E-state index in [2.05, 4.69) is 61.5 Å². The number of fused-ring (bicyclic) bond motifs is 4. The van der Waals surface area contributed by atoms with E-state index in [1.54, 1.807) is 11.1 Å². The van der Waals surface area contributed by atoms with Crippen molar-refractivity contribution in [1.82, 2.24) is 0 Å². The molecule has 1 amide bonds. The third-order valence-electron chi connectivity index (χ3n) is 12.9. The first-order valence-corrected chi connectivity index (χ1v) is 16.2. The van der Waals surface area contributed by atoms with Gasteiger partial charge in [-0.2, -0.15) is 0 Å². The molecule has 0 aromatic carbocycles. The minimum absolute atomic E-state index is 0.106. The largest absolute Gasteiger partial charge is 0.461 e. The molecule has 40 heavy (non-hydrogen) atoms.